The predicted molar refractivity (Wildman–Crippen MR) is 89.1 cm³/mol. The molecular formula is C18H21BrO. The molecule has 0 aliphatic rings. The average molecular weight is 333 g/mol. The Hall–Kier alpha value is -1.28. The molecule has 0 aromatic heterocycles. The molecule has 2 aromatic carbocycles. The SMILES string of the molecule is CCc1ccccc1C(Br)c1cc(C)c(OC)c(C)c1. The minimum absolute atomic E-state index is 0.224. The summed E-state index contributed by atoms with van der Waals surface area (Å²) in [6.07, 6.45) is 1.05. The van der Waals surface area contributed by atoms with E-state index in [4.69, 9.17) is 4.74 Å². The number of aryl methyl sites for hydroxylation is 3. The molecule has 0 heterocycles. The van der Waals surface area contributed by atoms with Crippen LogP contribution in [0.4, 0.5) is 0 Å². The Bertz CT molecular complexity index is 581. The third-order valence-corrected chi connectivity index (χ3v) is 4.71. The van der Waals surface area contributed by atoms with E-state index in [0.29, 0.717) is 0 Å². The Balaban J connectivity index is 2.46. The van der Waals surface area contributed by atoms with Crippen LogP contribution in [-0.2, 0) is 6.42 Å². The molecule has 0 fully saturated rings. The van der Waals surface area contributed by atoms with Gasteiger partial charge in [0.2, 0.25) is 0 Å². The molecule has 1 unspecified atom stereocenters. The summed E-state index contributed by atoms with van der Waals surface area (Å²) in [5.41, 5.74) is 6.38. The molecule has 0 radical (unpaired) electrons. The van der Waals surface area contributed by atoms with Crippen LogP contribution < -0.4 is 4.74 Å². The van der Waals surface area contributed by atoms with Gasteiger partial charge in [0.1, 0.15) is 5.75 Å². The second kappa shape index (κ2) is 6.45. The standard InChI is InChI=1S/C18H21BrO/c1-5-14-8-6-7-9-16(14)17(19)15-10-12(2)18(20-4)13(3)11-15/h6-11,17H,5H2,1-4H3. The lowest BCUT2D eigenvalue weighted by Crippen LogP contribution is -2.00. The molecule has 20 heavy (non-hydrogen) atoms. The van der Waals surface area contributed by atoms with Crippen molar-refractivity contribution in [1.82, 2.24) is 0 Å². The molecule has 0 aliphatic carbocycles. The van der Waals surface area contributed by atoms with E-state index in [1.54, 1.807) is 7.11 Å². The molecule has 0 amide bonds. The molecule has 2 heteroatoms. The Labute approximate surface area is 130 Å². The Morgan fingerprint density at radius 2 is 1.70 bits per heavy atom. The van der Waals surface area contributed by atoms with Gasteiger partial charge in [-0.1, -0.05) is 59.3 Å². The number of hydrogen-bond donors (Lipinski definition) is 0. The Kier molecular flexibility index (Phi) is 4.87. The van der Waals surface area contributed by atoms with E-state index < -0.39 is 0 Å². The van der Waals surface area contributed by atoms with E-state index >= 15 is 0 Å². The van der Waals surface area contributed by atoms with Gasteiger partial charge < -0.3 is 4.74 Å². The normalized spacial score (nSPS) is 12.2. The van der Waals surface area contributed by atoms with E-state index in [1.807, 2.05) is 0 Å². The lowest BCUT2D eigenvalue weighted by molar-refractivity contribution is 0.408. The largest absolute Gasteiger partial charge is 0.496 e. The van der Waals surface area contributed by atoms with Crippen LogP contribution in [0.15, 0.2) is 36.4 Å². The summed E-state index contributed by atoms with van der Waals surface area (Å²) in [5, 5.41) is 0. The number of alkyl halides is 1. The van der Waals surface area contributed by atoms with Crippen LogP contribution in [0.2, 0.25) is 0 Å². The first kappa shape index (κ1) is 15.1. The number of ether oxygens (including phenoxy) is 1. The van der Waals surface area contributed by atoms with Gasteiger partial charge in [0.25, 0.3) is 0 Å². The molecule has 0 aliphatic heterocycles. The quantitative estimate of drug-likeness (QED) is 0.685. The van der Waals surface area contributed by atoms with Crippen LogP contribution in [0.3, 0.4) is 0 Å². The third-order valence-electron chi connectivity index (χ3n) is 3.69. The Morgan fingerprint density at radius 3 is 2.25 bits per heavy atom. The number of hydrogen-bond acceptors (Lipinski definition) is 1. The fraction of sp³-hybridized carbons (Fsp3) is 0.333. The van der Waals surface area contributed by atoms with E-state index in [2.05, 4.69) is 73.1 Å². The van der Waals surface area contributed by atoms with Crippen molar-refractivity contribution in [3.05, 3.63) is 64.2 Å². The molecule has 0 saturated carbocycles. The Morgan fingerprint density at radius 1 is 1.10 bits per heavy atom. The summed E-state index contributed by atoms with van der Waals surface area (Å²) < 4.78 is 5.45. The van der Waals surface area contributed by atoms with Crippen molar-refractivity contribution >= 4 is 15.9 Å². The van der Waals surface area contributed by atoms with Crippen molar-refractivity contribution in [2.45, 2.75) is 32.0 Å². The van der Waals surface area contributed by atoms with Gasteiger partial charge in [-0.05, 0) is 48.1 Å². The summed E-state index contributed by atoms with van der Waals surface area (Å²) in [5.74, 6) is 0.984. The van der Waals surface area contributed by atoms with Crippen LogP contribution >= 0.6 is 15.9 Å². The fourth-order valence-electron chi connectivity index (χ4n) is 2.74. The maximum atomic E-state index is 5.45. The zero-order chi connectivity index (χ0) is 14.7. The second-order valence-electron chi connectivity index (χ2n) is 5.10. The zero-order valence-electron chi connectivity index (χ0n) is 12.5. The highest BCUT2D eigenvalue weighted by molar-refractivity contribution is 9.09. The van der Waals surface area contributed by atoms with Crippen molar-refractivity contribution in [3.63, 3.8) is 0 Å². The maximum absolute atomic E-state index is 5.45. The van der Waals surface area contributed by atoms with Crippen LogP contribution in [0.5, 0.6) is 5.75 Å². The van der Waals surface area contributed by atoms with Crippen molar-refractivity contribution < 1.29 is 4.74 Å². The summed E-state index contributed by atoms with van der Waals surface area (Å²) in [4.78, 5) is 0.224. The summed E-state index contributed by atoms with van der Waals surface area (Å²) in [6.45, 7) is 6.39. The first-order chi connectivity index (χ1) is 9.58. The number of benzene rings is 2. The van der Waals surface area contributed by atoms with Gasteiger partial charge in [0.05, 0.1) is 11.9 Å². The van der Waals surface area contributed by atoms with Crippen LogP contribution in [0, 0.1) is 13.8 Å². The smallest absolute Gasteiger partial charge is 0.124 e. The van der Waals surface area contributed by atoms with Crippen LogP contribution in [0.25, 0.3) is 0 Å². The van der Waals surface area contributed by atoms with Crippen molar-refractivity contribution in [2.24, 2.45) is 0 Å². The maximum Gasteiger partial charge on any atom is 0.124 e. The summed E-state index contributed by atoms with van der Waals surface area (Å²) in [6, 6.07) is 13.0. The third kappa shape index (κ3) is 2.90. The van der Waals surface area contributed by atoms with E-state index in [0.717, 1.165) is 12.2 Å². The topological polar surface area (TPSA) is 9.23 Å². The summed E-state index contributed by atoms with van der Waals surface area (Å²) >= 11 is 3.86. The highest BCUT2D eigenvalue weighted by Gasteiger charge is 2.16. The molecule has 1 nitrogen and oxygen atoms in total. The minimum Gasteiger partial charge on any atom is -0.496 e. The molecule has 2 aromatic rings. The average Bonchev–Trinajstić information content (AvgIpc) is 2.46. The van der Waals surface area contributed by atoms with Gasteiger partial charge in [-0.25, -0.2) is 0 Å². The van der Waals surface area contributed by atoms with Gasteiger partial charge in [0.15, 0.2) is 0 Å². The first-order valence-corrected chi connectivity index (χ1v) is 7.87. The van der Waals surface area contributed by atoms with E-state index in [9.17, 15) is 0 Å². The molecule has 2 rings (SSSR count). The van der Waals surface area contributed by atoms with Crippen LogP contribution in [0.1, 0.15) is 39.6 Å². The van der Waals surface area contributed by atoms with Gasteiger partial charge in [-0.3, -0.25) is 0 Å². The second-order valence-corrected chi connectivity index (χ2v) is 6.02. The van der Waals surface area contributed by atoms with Gasteiger partial charge in [0, 0.05) is 0 Å². The molecular weight excluding hydrogens is 312 g/mol. The minimum atomic E-state index is 0.224. The monoisotopic (exact) mass is 332 g/mol. The van der Waals surface area contributed by atoms with Crippen molar-refractivity contribution in [1.29, 1.82) is 0 Å². The van der Waals surface area contributed by atoms with Gasteiger partial charge in [-0.15, -0.1) is 0 Å². The van der Waals surface area contributed by atoms with Crippen LogP contribution in [-0.4, -0.2) is 7.11 Å². The molecule has 0 bridgehead atoms. The lowest BCUT2D eigenvalue weighted by Gasteiger charge is -2.18. The molecule has 0 spiro atoms. The van der Waals surface area contributed by atoms with Gasteiger partial charge >= 0.3 is 0 Å². The predicted octanol–water partition coefficient (Wildman–Crippen LogP) is 5.36. The number of rotatable bonds is 4. The fourth-order valence-corrected chi connectivity index (χ4v) is 3.45. The number of halogens is 1. The zero-order valence-corrected chi connectivity index (χ0v) is 14.1. The van der Waals surface area contributed by atoms with E-state index in [-0.39, 0.29) is 4.83 Å². The van der Waals surface area contributed by atoms with Gasteiger partial charge in [-0.2, -0.15) is 0 Å². The van der Waals surface area contributed by atoms with Crippen molar-refractivity contribution in [3.8, 4) is 5.75 Å². The molecule has 1 atom stereocenters. The lowest BCUT2D eigenvalue weighted by atomic mass is 9.95. The highest BCUT2D eigenvalue weighted by Crippen LogP contribution is 2.36. The summed E-state index contributed by atoms with van der Waals surface area (Å²) in [7, 11) is 1.73. The molecule has 106 valence electrons. The molecule has 0 N–H and O–H groups in total. The molecule has 0 saturated heterocycles. The highest BCUT2D eigenvalue weighted by atomic mass is 79.9. The first-order valence-electron chi connectivity index (χ1n) is 6.95. The van der Waals surface area contributed by atoms with E-state index in [1.165, 1.54) is 27.8 Å². The van der Waals surface area contributed by atoms with Crippen molar-refractivity contribution in [2.75, 3.05) is 7.11 Å². The number of methoxy groups -OCH3 is 1.